The fourth-order valence-corrected chi connectivity index (χ4v) is 4.20. The minimum Gasteiger partial charge on any atom is -0.334 e. The summed E-state index contributed by atoms with van der Waals surface area (Å²) in [4.78, 5) is 14.8. The summed E-state index contributed by atoms with van der Waals surface area (Å²) in [5.41, 5.74) is 8.37. The van der Waals surface area contributed by atoms with Gasteiger partial charge in [0.2, 0.25) is 5.91 Å². The summed E-state index contributed by atoms with van der Waals surface area (Å²) in [6.45, 7) is 0.762. The van der Waals surface area contributed by atoms with Crippen LogP contribution in [0, 0.1) is 0 Å². The first-order chi connectivity index (χ1) is 11.6. The van der Waals surface area contributed by atoms with Crippen LogP contribution >= 0.6 is 35.8 Å². The average molecular weight is 397 g/mol. The number of rotatable bonds is 4. The summed E-state index contributed by atoms with van der Waals surface area (Å²) < 4.78 is 0. The zero-order valence-corrected chi connectivity index (χ0v) is 16.2. The van der Waals surface area contributed by atoms with E-state index in [4.69, 9.17) is 17.3 Å². The van der Waals surface area contributed by atoms with Gasteiger partial charge >= 0.3 is 0 Å². The quantitative estimate of drug-likeness (QED) is 0.828. The fraction of sp³-hybridized carbons (Fsp3) is 0.316. The number of benzene rings is 2. The largest absolute Gasteiger partial charge is 0.334 e. The second kappa shape index (κ2) is 9.48. The Hall–Kier alpha value is -1.20. The lowest BCUT2D eigenvalue weighted by atomic mass is 10.0. The molecule has 2 aromatic rings. The van der Waals surface area contributed by atoms with Crippen LogP contribution in [0.2, 0.25) is 5.02 Å². The first-order valence-electron chi connectivity index (χ1n) is 8.08. The van der Waals surface area contributed by atoms with Gasteiger partial charge in [-0.3, -0.25) is 4.79 Å². The van der Waals surface area contributed by atoms with Crippen LogP contribution < -0.4 is 5.73 Å². The number of thioether (sulfide) groups is 1. The van der Waals surface area contributed by atoms with E-state index in [-0.39, 0.29) is 30.4 Å². The van der Waals surface area contributed by atoms with Crippen LogP contribution in [0.4, 0.5) is 0 Å². The van der Waals surface area contributed by atoms with Gasteiger partial charge in [-0.25, -0.2) is 0 Å². The summed E-state index contributed by atoms with van der Waals surface area (Å²) >= 11 is 7.86. The maximum atomic E-state index is 12.8. The minimum absolute atomic E-state index is 0. The SMILES string of the molecule is Cl.NC(CC(=O)N1CCSCC1c1ccc(Cl)cc1)c1ccccc1. The van der Waals surface area contributed by atoms with Crippen molar-refractivity contribution in [3.63, 3.8) is 0 Å². The number of nitrogens with two attached hydrogens (primary N) is 1. The number of hydrogen-bond acceptors (Lipinski definition) is 3. The summed E-state index contributed by atoms with van der Waals surface area (Å²) in [5, 5.41) is 0.714. The van der Waals surface area contributed by atoms with Crippen LogP contribution in [0.5, 0.6) is 0 Å². The van der Waals surface area contributed by atoms with E-state index in [2.05, 4.69) is 0 Å². The van der Waals surface area contributed by atoms with Crippen molar-refractivity contribution < 1.29 is 4.79 Å². The van der Waals surface area contributed by atoms with Crippen molar-refractivity contribution in [3.8, 4) is 0 Å². The predicted molar refractivity (Wildman–Crippen MR) is 108 cm³/mol. The third-order valence-corrected chi connectivity index (χ3v) is 5.60. The molecule has 1 heterocycles. The van der Waals surface area contributed by atoms with E-state index in [9.17, 15) is 4.79 Å². The summed E-state index contributed by atoms with van der Waals surface area (Å²) in [7, 11) is 0. The molecule has 0 spiro atoms. The number of amides is 1. The van der Waals surface area contributed by atoms with Gasteiger partial charge in [-0.2, -0.15) is 11.8 Å². The molecule has 0 radical (unpaired) electrons. The van der Waals surface area contributed by atoms with E-state index in [1.165, 1.54) is 0 Å². The van der Waals surface area contributed by atoms with Gasteiger partial charge in [-0.15, -0.1) is 12.4 Å². The van der Waals surface area contributed by atoms with Crippen LogP contribution in [0.1, 0.15) is 29.6 Å². The predicted octanol–water partition coefficient (Wildman–Crippen LogP) is 4.47. The van der Waals surface area contributed by atoms with Gasteiger partial charge in [-0.05, 0) is 23.3 Å². The van der Waals surface area contributed by atoms with E-state index < -0.39 is 0 Å². The van der Waals surface area contributed by atoms with Gasteiger partial charge in [0.15, 0.2) is 0 Å². The molecule has 2 N–H and O–H groups in total. The third-order valence-electron chi connectivity index (χ3n) is 4.33. The highest BCUT2D eigenvalue weighted by Crippen LogP contribution is 2.31. The molecule has 25 heavy (non-hydrogen) atoms. The van der Waals surface area contributed by atoms with E-state index in [0.717, 1.165) is 29.2 Å². The molecular weight excluding hydrogens is 375 g/mol. The topological polar surface area (TPSA) is 46.3 Å². The summed E-state index contributed by atoms with van der Waals surface area (Å²) in [6.07, 6.45) is 0.332. The Kier molecular flexibility index (Phi) is 7.63. The van der Waals surface area contributed by atoms with Gasteiger partial charge in [-0.1, -0.05) is 54.1 Å². The number of carbonyl (C=O) groups is 1. The highest BCUT2D eigenvalue weighted by Gasteiger charge is 2.29. The molecule has 2 atom stereocenters. The Labute approximate surface area is 164 Å². The van der Waals surface area contributed by atoms with Crippen molar-refractivity contribution >= 4 is 41.7 Å². The Morgan fingerprint density at radius 1 is 1.20 bits per heavy atom. The molecule has 0 saturated carbocycles. The van der Waals surface area contributed by atoms with Gasteiger partial charge in [0.05, 0.1) is 6.04 Å². The lowest BCUT2D eigenvalue weighted by molar-refractivity contribution is -0.133. The maximum absolute atomic E-state index is 12.8. The van der Waals surface area contributed by atoms with E-state index in [1.807, 2.05) is 71.3 Å². The lowest BCUT2D eigenvalue weighted by Crippen LogP contribution is -2.41. The number of hydrogen-bond donors (Lipinski definition) is 1. The van der Waals surface area contributed by atoms with Crippen LogP contribution in [0.25, 0.3) is 0 Å². The Morgan fingerprint density at radius 2 is 1.88 bits per heavy atom. The maximum Gasteiger partial charge on any atom is 0.225 e. The summed E-state index contributed by atoms with van der Waals surface area (Å²) in [5.74, 6) is 2.00. The monoisotopic (exact) mass is 396 g/mol. The Bertz CT molecular complexity index is 682. The lowest BCUT2D eigenvalue weighted by Gasteiger charge is -2.36. The zero-order valence-electron chi connectivity index (χ0n) is 13.8. The van der Waals surface area contributed by atoms with Gasteiger partial charge in [0.1, 0.15) is 0 Å². The minimum atomic E-state index is -0.265. The van der Waals surface area contributed by atoms with E-state index in [1.54, 1.807) is 0 Å². The molecule has 1 fully saturated rings. The molecule has 1 saturated heterocycles. The van der Waals surface area contributed by atoms with Gasteiger partial charge in [0.25, 0.3) is 0 Å². The van der Waals surface area contributed by atoms with Crippen LogP contribution in [-0.2, 0) is 4.79 Å². The van der Waals surface area contributed by atoms with Crippen molar-refractivity contribution in [2.24, 2.45) is 5.73 Å². The number of carbonyl (C=O) groups excluding carboxylic acids is 1. The molecule has 2 unspecified atom stereocenters. The Morgan fingerprint density at radius 3 is 2.56 bits per heavy atom. The summed E-state index contributed by atoms with van der Waals surface area (Å²) in [6, 6.07) is 17.4. The molecular formula is C19H22Cl2N2OS. The molecule has 134 valence electrons. The number of halogens is 2. The molecule has 3 rings (SSSR count). The molecule has 3 nitrogen and oxygen atoms in total. The molecule has 1 aliphatic heterocycles. The van der Waals surface area contributed by atoms with Crippen LogP contribution in [0.15, 0.2) is 54.6 Å². The second-order valence-corrected chi connectivity index (χ2v) is 7.54. The highest BCUT2D eigenvalue weighted by atomic mass is 35.5. The molecule has 0 aromatic heterocycles. The smallest absolute Gasteiger partial charge is 0.225 e. The van der Waals surface area contributed by atoms with Crippen molar-refractivity contribution in [1.29, 1.82) is 0 Å². The van der Waals surface area contributed by atoms with Crippen molar-refractivity contribution in [2.75, 3.05) is 18.1 Å². The van der Waals surface area contributed by atoms with Crippen LogP contribution in [-0.4, -0.2) is 28.9 Å². The molecule has 0 bridgehead atoms. The third kappa shape index (κ3) is 5.14. The average Bonchev–Trinajstić information content (AvgIpc) is 2.63. The molecule has 1 aliphatic rings. The standard InChI is InChI=1S/C19H21ClN2OS.ClH/c20-16-8-6-15(7-9-16)18-13-24-11-10-22(18)19(23)12-17(21)14-4-2-1-3-5-14;/h1-9,17-18H,10-13,21H2;1H. The number of nitrogens with zero attached hydrogens (tertiary/aromatic N) is 1. The first-order valence-corrected chi connectivity index (χ1v) is 9.61. The second-order valence-electron chi connectivity index (χ2n) is 5.95. The van der Waals surface area contributed by atoms with E-state index in [0.29, 0.717) is 11.4 Å². The normalized spacial score (nSPS) is 18.3. The Balaban J connectivity index is 0.00000225. The fourth-order valence-electron chi connectivity index (χ4n) is 2.99. The highest BCUT2D eigenvalue weighted by molar-refractivity contribution is 7.99. The molecule has 1 amide bonds. The van der Waals surface area contributed by atoms with Crippen LogP contribution in [0.3, 0.4) is 0 Å². The molecule has 6 heteroatoms. The van der Waals surface area contributed by atoms with Crippen molar-refractivity contribution in [3.05, 3.63) is 70.7 Å². The molecule has 0 aliphatic carbocycles. The first kappa shape index (κ1) is 20.1. The van der Waals surface area contributed by atoms with Gasteiger partial charge in [0, 0.05) is 35.5 Å². The van der Waals surface area contributed by atoms with Crippen molar-refractivity contribution in [1.82, 2.24) is 4.90 Å². The van der Waals surface area contributed by atoms with E-state index >= 15 is 0 Å². The molecule has 2 aromatic carbocycles. The van der Waals surface area contributed by atoms with Gasteiger partial charge < -0.3 is 10.6 Å². The van der Waals surface area contributed by atoms with Crippen molar-refractivity contribution in [2.45, 2.75) is 18.5 Å². The zero-order chi connectivity index (χ0) is 16.9.